The van der Waals surface area contributed by atoms with Crippen LogP contribution >= 0.6 is 0 Å². The lowest BCUT2D eigenvalue weighted by atomic mass is 9.75. The first-order valence-electron chi connectivity index (χ1n) is 8.69. The van der Waals surface area contributed by atoms with E-state index < -0.39 is 25.1 Å². The van der Waals surface area contributed by atoms with Gasteiger partial charge in [-0.05, 0) is 23.8 Å². The van der Waals surface area contributed by atoms with Crippen LogP contribution in [-0.2, 0) is 9.63 Å². The highest BCUT2D eigenvalue weighted by molar-refractivity contribution is 6.43. The molecule has 0 bridgehead atoms. The van der Waals surface area contributed by atoms with Crippen molar-refractivity contribution >= 4 is 29.5 Å². The van der Waals surface area contributed by atoms with Gasteiger partial charge in [-0.2, -0.15) is 0 Å². The van der Waals surface area contributed by atoms with Crippen LogP contribution < -0.4 is 5.32 Å². The predicted molar refractivity (Wildman–Crippen MR) is 99.3 cm³/mol. The van der Waals surface area contributed by atoms with E-state index in [9.17, 15) is 14.8 Å². The molecule has 2 aromatic rings. The average molecular weight is 355 g/mol. The molecule has 0 fully saturated rings. The van der Waals surface area contributed by atoms with Crippen molar-refractivity contribution in [1.29, 1.82) is 0 Å². The van der Waals surface area contributed by atoms with Crippen molar-refractivity contribution in [2.24, 2.45) is 11.1 Å². The first-order valence-corrected chi connectivity index (χ1v) is 8.69. The summed E-state index contributed by atoms with van der Waals surface area (Å²) in [5, 5.41) is 27.6. The Morgan fingerprint density at radius 2 is 2.12 bits per heavy atom. The molecule has 1 aliphatic rings. The van der Waals surface area contributed by atoms with Gasteiger partial charge in [0, 0.05) is 18.0 Å². The van der Waals surface area contributed by atoms with Crippen LogP contribution in [0.5, 0.6) is 0 Å². The Morgan fingerprint density at radius 1 is 1.35 bits per heavy atom. The van der Waals surface area contributed by atoms with Gasteiger partial charge < -0.3 is 20.2 Å². The zero-order valence-corrected chi connectivity index (χ0v) is 14.8. The van der Waals surface area contributed by atoms with E-state index in [1.807, 2.05) is 44.2 Å². The van der Waals surface area contributed by atoms with Crippen molar-refractivity contribution in [1.82, 2.24) is 10.3 Å². The largest absolute Gasteiger partial charge is 0.475 e. The lowest BCUT2D eigenvalue weighted by Gasteiger charge is -2.20. The number of oxime groups is 1. The fraction of sp³-hybridized carbons (Fsp3) is 0.389. The molecular formula is C18H22BN3O4. The number of aromatic nitrogens is 1. The summed E-state index contributed by atoms with van der Waals surface area (Å²) in [5.41, 5.74) is 1.30. The van der Waals surface area contributed by atoms with E-state index in [1.165, 1.54) is 0 Å². The highest BCUT2D eigenvalue weighted by Gasteiger charge is 2.34. The summed E-state index contributed by atoms with van der Waals surface area (Å²) in [7, 11) is -1.62. The highest BCUT2D eigenvalue weighted by Crippen LogP contribution is 2.22. The summed E-state index contributed by atoms with van der Waals surface area (Å²) in [6, 6.07) is 9.73. The average Bonchev–Trinajstić information content (AvgIpc) is 3.10. The highest BCUT2D eigenvalue weighted by atomic mass is 16.6. The maximum atomic E-state index is 12.4. The monoisotopic (exact) mass is 355 g/mol. The Hall–Kier alpha value is -2.45. The molecule has 3 rings (SSSR count). The van der Waals surface area contributed by atoms with Crippen molar-refractivity contribution in [3.05, 3.63) is 42.2 Å². The second kappa shape index (κ2) is 7.84. The number of pyridine rings is 1. The molecule has 0 saturated carbocycles. The van der Waals surface area contributed by atoms with Crippen molar-refractivity contribution in [2.75, 3.05) is 0 Å². The number of nitrogens with zero attached hydrogens (tertiary/aromatic N) is 2. The Labute approximate surface area is 152 Å². The first kappa shape index (κ1) is 18.3. The predicted octanol–water partition coefficient (Wildman–Crippen LogP) is 1.27. The third kappa shape index (κ3) is 4.03. The molecule has 26 heavy (non-hydrogen) atoms. The van der Waals surface area contributed by atoms with Gasteiger partial charge in [0.15, 0.2) is 0 Å². The van der Waals surface area contributed by atoms with Crippen molar-refractivity contribution in [2.45, 2.75) is 38.7 Å². The van der Waals surface area contributed by atoms with Gasteiger partial charge in [-0.25, -0.2) is 0 Å². The molecule has 7 nitrogen and oxygen atoms in total. The number of hydrogen-bond acceptors (Lipinski definition) is 6. The molecule has 1 aromatic heterocycles. The molecule has 1 amide bonds. The van der Waals surface area contributed by atoms with Gasteiger partial charge in [-0.3, -0.25) is 9.78 Å². The van der Waals surface area contributed by atoms with E-state index in [2.05, 4.69) is 15.5 Å². The second-order valence-corrected chi connectivity index (χ2v) is 6.88. The van der Waals surface area contributed by atoms with Crippen molar-refractivity contribution in [3.8, 4) is 0 Å². The molecule has 2 atom stereocenters. The number of nitrogens with one attached hydrogen (secondary N) is 1. The molecule has 1 aliphatic heterocycles. The normalized spacial score (nSPS) is 17.7. The van der Waals surface area contributed by atoms with E-state index in [-0.39, 0.29) is 12.3 Å². The van der Waals surface area contributed by atoms with Crippen LogP contribution in [-0.4, -0.2) is 45.8 Å². The van der Waals surface area contributed by atoms with Crippen LogP contribution in [0, 0.1) is 5.92 Å². The summed E-state index contributed by atoms with van der Waals surface area (Å²) in [6.45, 7) is 3.89. The lowest BCUT2D eigenvalue weighted by Crippen LogP contribution is -2.50. The SMILES string of the molecule is CC(C)CC(NC(=O)C1CC(c2nccc3ccccc23)=NO1)B(O)O. The number of benzene rings is 1. The molecule has 0 aliphatic carbocycles. The van der Waals surface area contributed by atoms with Crippen LogP contribution in [0.3, 0.4) is 0 Å². The Bertz CT molecular complexity index is 820. The van der Waals surface area contributed by atoms with E-state index in [4.69, 9.17) is 4.84 Å². The van der Waals surface area contributed by atoms with E-state index >= 15 is 0 Å². The maximum absolute atomic E-state index is 12.4. The molecule has 3 N–H and O–H groups in total. The van der Waals surface area contributed by atoms with Crippen LogP contribution in [0.2, 0.25) is 0 Å². The molecule has 2 unspecified atom stereocenters. The first-order chi connectivity index (χ1) is 12.5. The third-order valence-electron chi connectivity index (χ3n) is 4.32. The van der Waals surface area contributed by atoms with Gasteiger partial charge in [0.1, 0.15) is 5.71 Å². The minimum atomic E-state index is -1.62. The van der Waals surface area contributed by atoms with Crippen molar-refractivity contribution < 1.29 is 19.7 Å². The fourth-order valence-electron chi connectivity index (χ4n) is 3.05. The molecule has 136 valence electrons. The van der Waals surface area contributed by atoms with Gasteiger partial charge in [-0.15, -0.1) is 0 Å². The van der Waals surface area contributed by atoms with Crippen LogP contribution in [0.25, 0.3) is 10.8 Å². The lowest BCUT2D eigenvalue weighted by molar-refractivity contribution is -0.131. The Morgan fingerprint density at radius 3 is 2.85 bits per heavy atom. The molecule has 8 heteroatoms. The van der Waals surface area contributed by atoms with Gasteiger partial charge in [-0.1, -0.05) is 43.3 Å². The standard InChI is InChI=1S/C18H22BN3O4/c1-11(2)9-16(19(24)25)21-18(23)15-10-14(22-26-15)17-13-6-4-3-5-12(13)7-8-20-17/h3-8,11,15-16,24-25H,9-10H2,1-2H3,(H,21,23). The van der Waals surface area contributed by atoms with Crippen LogP contribution in [0.15, 0.2) is 41.7 Å². The van der Waals surface area contributed by atoms with Gasteiger partial charge in [0.2, 0.25) is 6.10 Å². The summed E-state index contributed by atoms with van der Waals surface area (Å²) < 4.78 is 0. The van der Waals surface area contributed by atoms with E-state index in [1.54, 1.807) is 6.20 Å². The molecular weight excluding hydrogens is 333 g/mol. The molecule has 1 aromatic carbocycles. The summed E-state index contributed by atoms with van der Waals surface area (Å²) in [5.74, 6) is -0.952. The number of carbonyl (C=O) groups is 1. The quantitative estimate of drug-likeness (QED) is 0.677. The van der Waals surface area contributed by atoms with E-state index in [0.717, 1.165) is 10.8 Å². The molecule has 0 saturated heterocycles. The number of fused-ring (bicyclic) bond motifs is 1. The zero-order valence-electron chi connectivity index (χ0n) is 14.8. The topological polar surface area (TPSA) is 104 Å². The summed E-state index contributed by atoms with van der Waals surface area (Å²) in [4.78, 5) is 22.1. The molecule has 0 radical (unpaired) electrons. The van der Waals surface area contributed by atoms with Crippen LogP contribution in [0.1, 0.15) is 32.4 Å². The van der Waals surface area contributed by atoms with Crippen molar-refractivity contribution in [3.63, 3.8) is 0 Å². The maximum Gasteiger partial charge on any atom is 0.475 e. The number of hydrogen-bond donors (Lipinski definition) is 3. The van der Waals surface area contributed by atoms with Gasteiger partial charge in [0.25, 0.3) is 5.91 Å². The van der Waals surface area contributed by atoms with Gasteiger partial charge >= 0.3 is 7.12 Å². The molecule has 2 heterocycles. The number of carbonyl (C=O) groups excluding carboxylic acids is 1. The smallest absolute Gasteiger partial charge is 0.426 e. The Kier molecular flexibility index (Phi) is 5.53. The Balaban J connectivity index is 1.70. The van der Waals surface area contributed by atoms with E-state index in [0.29, 0.717) is 17.8 Å². The zero-order chi connectivity index (χ0) is 18.7. The fourth-order valence-corrected chi connectivity index (χ4v) is 3.05. The summed E-state index contributed by atoms with van der Waals surface area (Å²) in [6.07, 6.45) is 1.63. The van der Waals surface area contributed by atoms with Crippen LogP contribution in [0.4, 0.5) is 0 Å². The minimum absolute atomic E-state index is 0.207. The third-order valence-corrected chi connectivity index (χ3v) is 4.32. The second-order valence-electron chi connectivity index (χ2n) is 6.88. The van der Waals surface area contributed by atoms with Gasteiger partial charge in [0.05, 0.1) is 11.6 Å². The summed E-state index contributed by atoms with van der Waals surface area (Å²) >= 11 is 0. The number of rotatable bonds is 6. The number of amides is 1. The minimum Gasteiger partial charge on any atom is -0.426 e. The molecule has 0 spiro atoms.